The number of carbonyl (C=O) groups excluding carboxylic acids is 1. The van der Waals surface area contributed by atoms with Crippen LogP contribution in [0.15, 0.2) is 29.8 Å². The van der Waals surface area contributed by atoms with Crippen LogP contribution in [0, 0.1) is 5.92 Å². The lowest BCUT2D eigenvalue weighted by Crippen LogP contribution is -2.48. The van der Waals surface area contributed by atoms with Gasteiger partial charge in [-0.25, -0.2) is 0 Å². The summed E-state index contributed by atoms with van der Waals surface area (Å²) in [6, 6.07) is 7.75. The Labute approximate surface area is 118 Å². The molecular weight excluding hydrogens is 264 g/mol. The average Bonchev–Trinajstić information content (AvgIpc) is 2.36. The van der Waals surface area contributed by atoms with Gasteiger partial charge in [0.25, 0.3) is 5.91 Å². The molecule has 2 aliphatic rings. The van der Waals surface area contributed by atoms with Gasteiger partial charge in [0.05, 0.1) is 5.57 Å². The van der Waals surface area contributed by atoms with Crippen LogP contribution in [-0.4, -0.2) is 32.1 Å². The Hall–Kier alpha value is -1.52. The third-order valence-electron chi connectivity index (χ3n) is 3.34. The molecule has 1 aromatic rings. The van der Waals surface area contributed by atoms with Crippen LogP contribution >= 0.6 is 12.4 Å². The molecule has 102 valence electrons. The number of rotatable bonds is 3. The van der Waals surface area contributed by atoms with Crippen molar-refractivity contribution in [2.75, 3.05) is 26.2 Å². The second-order valence-corrected chi connectivity index (χ2v) is 4.73. The molecule has 0 saturated carbocycles. The average molecular weight is 281 g/mol. The van der Waals surface area contributed by atoms with E-state index in [0.29, 0.717) is 18.1 Å². The topological polar surface area (TPSA) is 50.4 Å². The van der Waals surface area contributed by atoms with Crippen molar-refractivity contribution in [1.82, 2.24) is 10.6 Å². The highest BCUT2D eigenvalue weighted by molar-refractivity contribution is 5.99. The Morgan fingerprint density at radius 2 is 2.16 bits per heavy atom. The maximum atomic E-state index is 12.0. The van der Waals surface area contributed by atoms with Gasteiger partial charge in [-0.1, -0.05) is 18.2 Å². The van der Waals surface area contributed by atoms with Crippen molar-refractivity contribution >= 4 is 24.4 Å². The molecule has 0 aliphatic carbocycles. The molecule has 2 aliphatic heterocycles. The zero-order chi connectivity index (χ0) is 12.4. The highest BCUT2D eigenvalue weighted by Gasteiger charge is 2.20. The van der Waals surface area contributed by atoms with Gasteiger partial charge >= 0.3 is 0 Å². The number of para-hydroxylation sites is 1. The third-order valence-corrected chi connectivity index (χ3v) is 3.34. The van der Waals surface area contributed by atoms with Crippen LogP contribution < -0.4 is 15.4 Å². The zero-order valence-electron chi connectivity index (χ0n) is 10.5. The van der Waals surface area contributed by atoms with E-state index in [1.54, 1.807) is 0 Å². The molecule has 1 aromatic carbocycles. The first-order chi connectivity index (χ1) is 8.83. The molecule has 0 spiro atoms. The molecule has 1 amide bonds. The fraction of sp³-hybridized carbons (Fsp3) is 0.357. The number of fused-ring (bicyclic) bond motifs is 1. The number of halogens is 1. The number of amides is 1. The highest BCUT2D eigenvalue weighted by atomic mass is 35.5. The number of carbonyl (C=O) groups is 1. The standard InChI is InChI=1S/C14H16N2O2.ClH/c17-14(16-8-10-6-15-7-10)12-5-11-3-1-2-4-13(11)18-9-12;/h1-5,10,15H,6-9H2,(H,16,17);1H. The first-order valence-electron chi connectivity index (χ1n) is 6.24. The smallest absolute Gasteiger partial charge is 0.250 e. The van der Waals surface area contributed by atoms with Gasteiger partial charge < -0.3 is 15.4 Å². The van der Waals surface area contributed by atoms with E-state index in [9.17, 15) is 4.79 Å². The van der Waals surface area contributed by atoms with E-state index in [1.165, 1.54) is 0 Å². The number of ether oxygens (including phenoxy) is 1. The Bertz CT molecular complexity index is 498. The molecule has 0 atom stereocenters. The second-order valence-electron chi connectivity index (χ2n) is 4.73. The molecule has 0 aromatic heterocycles. The third kappa shape index (κ3) is 3.08. The predicted octanol–water partition coefficient (Wildman–Crippen LogP) is 1.22. The van der Waals surface area contributed by atoms with Crippen LogP contribution in [0.4, 0.5) is 0 Å². The van der Waals surface area contributed by atoms with E-state index in [-0.39, 0.29) is 18.3 Å². The lowest BCUT2D eigenvalue weighted by atomic mass is 10.0. The summed E-state index contributed by atoms with van der Waals surface area (Å²) in [7, 11) is 0. The minimum atomic E-state index is -0.0172. The largest absolute Gasteiger partial charge is 0.488 e. The van der Waals surface area contributed by atoms with E-state index in [2.05, 4.69) is 10.6 Å². The van der Waals surface area contributed by atoms with E-state index in [0.717, 1.165) is 30.9 Å². The molecule has 0 unspecified atom stereocenters. The van der Waals surface area contributed by atoms with Gasteiger partial charge in [0.2, 0.25) is 0 Å². The van der Waals surface area contributed by atoms with E-state index in [1.807, 2.05) is 30.3 Å². The molecule has 3 rings (SSSR count). The van der Waals surface area contributed by atoms with Crippen LogP contribution in [0.25, 0.3) is 6.08 Å². The summed E-state index contributed by atoms with van der Waals surface area (Å²) >= 11 is 0. The molecule has 2 heterocycles. The normalized spacial score (nSPS) is 17.2. The van der Waals surface area contributed by atoms with Gasteiger partial charge in [-0.15, -0.1) is 12.4 Å². The van der Waals surface area contributed by atoms with E-state index < -0.39 is 0 Å². The van der Waals surface area contributed by atoms with Crippen LogP contribution in [0.1, 0.15) is 5.56 Å². The summed E-state index contributed by atoms with van der Waals surface area (Å²) in [5, 5.41) is 6.14. The maximum Gasteiger partial charge on any atom is 0.250 e. The van der Waals surface area contributed by atoms with Gasteiger partial charge in [0, 0.05) is 31.1 Å². The van der Waals surface area contributed by atoms with Gasteiger partial charge in [-0.3, -0.25) is 4.79 Å². The highest BCUT2D eigenvalue weighted by Crippen LogP contribution is 2.25. The van der Waals surface area contributed by atoms with Crippen molar-refractivity contribution in [3.8, 4) is 5.75 Å². The van der Waals surface area contributed by atoms with Crippen LogP contribution in [0.3, 0.4) is 0 Å². The lowest BCUT2D eigenvalue weighted by Gasteiger charge is -2.27. The van der Waals surface area contributed by atoms with Crippen molar-refractivity contribution in [3.05, 3.63) is 35.4 Å². The Balaban J connectivity index is 0.00000133. The van der Waals surface area contributed by atoms with Crippen LogP contribution in [0.2, 0.25) is 0 Å². The Kier molecular flexibility index (Phi) is 4.45. The van der Waals surface area contributed by atoms with Crippen LogP contribution in [0.5, 0.6) is 5.75 Å². The quantitative estimate of drug-likeness (QED) is 0.875. The van der Waals surface area contributed by atoms with Gasteiger partial charge in [0.15, 0.2) is 0 Å². The number of benzene rings is 1. The molecule has 0 bridgehead atoms. The molecule has 19 heavy (non-hydrogen) atoms. The van der Waals surface area contributed by atoms with E-state index in [4.69, 9.17) is 4.74 Å². The molecule has 1 fully saturated rings. The summed E-state index contributed by atoms with van der Waals surface area (Å²) in [5.74, 6) is 1.40. The van der Waals surface area contributed by atoms with Gasteiger partial charge in [-0.2, -0.15) is 0 Å². The van der Waals surface area contributed by atoms with Crippen molar-refractivity contribution < 1.29 is 9.53 Å². The van der Waals surface area contributed by atoms with Crippen molar-refractivity contribution in [1.29, 1.82) is 0 Å². The summed E-state index contributed by atoms with van der Waals surface area (Å²) in [6.45, 7) is 3.09. The van der Waals surface area contributed by atoms with Gasteiger partial charge in [-0.05, 0) is 12.1 Å². The lowest BCUT2D eigenvalue weighted by molar-refractivity contribution is -0.118. The minimum absolute atomic E-state index is 0. The number of nitrogens with one attached hydrogen (secondary N) is 2. The molecular formula is C14H17ClN2O2. The molecule has 2 N–H and O–H groups in total. The fourth-order valence-corrected chi connectivity index (χ4v) is 2.09. The Morgan fingerprint density at radius 3 is 2.89 bits per heavy atom. The number of hydrogen-bond donors (Lipinski definition) is 2. The zero-order valence-corrected chi connectivity index (χ0v) is 11.3. The summed E-state index contributed by atoms with van der Waals surface area (Å²) in [4.78, 5) is 12.0. The summed E-state index contributed by atoms with van der Waals surface area (Å²) in [5.41, 5.74) is 1.67. The second kappa shape index (κ2) is 6.08. The fourth-order valence-electron chi connectivity index (χ4n) is 2.09. The first kappa shape index (κ1) is 13.9. The Morgan fingerprint density at radius 1 is 1.37 bits per heavy atom. The van der Waals surface area contributed by atoms with Crippen molar-refractivity contribution in [2.24, 2.45) is 5.92 Å². The minimum Gasteiger partial charge on any atom is -0.488 e. The predicted molar refractivity (Wildman–Crippen MR) is 76.5 cm³/mol. The first-order valence-corrected chi connectivity index (χ1v) is 6.24. The van der Waals surface area contributed by atoms with Crippen molar-refractivity contribution in [3.63, 3.8) is 0 Å². The number of hydrogen-bond acceptors (Lipinski definition) is 3. The van der Waals surface area contributed by atoms with Crippen molar-refractivity contribution in [2.45, 2.75) is 0 Å². The van der Waals surface area contributed by atoms with E-state index >= 15 is 0 Å². The molecule has 5 heteroatoms. The molecule has 1 saturated heterocycles. The monoisotopic (exact) mass is 280 g/mol. The molecule has 4 nitrogen and oxygen atoms in total. The van der Waals surface area contributed by atoms with Gasteiger partial charge in [0.1, 0.15) is 12.4 Å². The summed E-state index contributed by atoms with van der Waals surface area (Å²) in [6.07, 6.45) is 1.91. The summed E-state index contributed by atoms with van der Waals surface area (Å²) < 4.78 is 5.56. The SMILES string of the molecule is Cl.O=C(NCC1CNC1)C1=Cc2ccccc2OC1. The maximum absolute atomic E-state index is 12.0. The molecule has 0 radical (unpaired) electrons. The van der Waals surface area contributed by atoms with Crippen LogP contribution in [-0.2, 0) is 4.79 Å².